The Balaban J connectivity index is 2.01. The Bertz CT molecular complexity index is 425. The van der Waals surface area contributed by atoms with Crippen LogP contribution in [0.15, 0.2) is 18.2 Å². The number of nitrogens with one attached hydrogen (secondary N) is 1. The second-order valence-electron chi connectivity index (χ2n) is 5.37. The van der Waals surface area contributed by atoms with E-state index in [0.29, 0.717) is 12.0 Å². The molecule has 1 saturated heterocycles. The van der Waals surface area contributed by atoms with Crippen molar-refractivity contribution in [2.24, 2.45) is 5.92 Å². The van der Waals surface area contributed by atoms with Gasteiger partial charge in [-0.1, -0.05) is 25.4 Å². The lowest BCUT2D eigenvalue weighted by Crippen LogP contribution is -2.48. The Morgan fingerprint density at radius 1 is 1.47 bits per heavy atom. The van der Waals surface area contributed by atoms with Gasteiger partial charge in [0.1, 0.15) is 0 Å². The number of nitrogens with zero attached hydrogens (tertiary/aromatic N) is 1. The first-order valence-corrected chi connectivity index (χ1v) is 8.51. The first kappa shape index (κ1) is 15.4. The zero-order valence-electron chi connectivity index (χ0n) is 11.6. The minimum absolute atomic E-state index is 0.668. The Morgan fingerprint density at radius 3 is 2.89 bits per heavy atom. The molecule has 4 heteroatoms. The molecular weight excluding hydrogens is 371 g/mol. The number of anilines is 1. The zero-order valence-corrected chi connectivity index (χ0v) is 14.5. The quantitative estimate of drug-likeness (QED) is 0.774. The third-order valence-electron chi connectivity index (χ3n) is 3.81. The van der Waals surface area contributed by atoms with Crippen LogP contribution in [0.1, 0.15) is 26.7 Å². The lowest BCUT2D eigenvalue weighted by atomic mass is 9.93. The standard InChI is InChI=1S/C15H22ClIN2/c1-3-7-18-14-6-8-19(10-11(14)2)15-5-4-12(16)9-13(15)17/h4-5,9,11,14,18H,3,6-8,10H2,1-2H3. The summed E-state index contributed by atoms with van der Waals surface area (Å²) in [6.07, 6.45) is 2.43. The van der Waals surface area contributed by atoms with Crippen LogP contribution < -0.4 is 10.2 Å². The highest BCUT2D eigenvalue weighted by Crippen LogP contribution is 2.29. The second kappa shape index (κ2) is 7.14. The summed E-state index contributed by atoms with van der Waals surface area (Å²) in [6.45, 7) is 7.96. The summed E-state index contributed by atoms with van der Waals surface area (Å²) < 4.78 is 1.25. The SMILES string of the molecule is CCCNC1CCN(c2ccc(Cl)cc2I)CC1C. The molecule has 0 saturated carbocycles. The van der Waals surface area contributed by atoms with Gasteiger partial charge in [-0.25, -0.2) is 0 Å². The molecule has 1 aliphatic heterocycles. The molecule has 1 aromatic carbocycles. The molecule has 19 heavy (non-hydrogen) atoms. The van der Waals surface area contributed by atoms with Gasteiger partial charge in [-0.15, -0.1) is 0 Å². The molecular formula is C15H22ClIN2. The van der Waals surface area contributed by atoms with Gasteiger partial charge in [-0.2, -0.15) is 0 Å². The lowest BCUT2D eigenvalue weighted by molar-refractivity contribution is 0.322. The van der Waals surface area contributed by atoms with Gasteiger partial charge in [-0.3, -0.25) is 0 Å². The van der Waals surface area contributed by atoms with Crippen molar-refractivity contribution in [3.63, 3.8) is 0 Å². The number of rotatable bonds is 4. The molecule has 0 radical (unpaired) electrons. The number of hydrogen-bond acceptors (Lipinski definition) is 2. The Labute approximate surface area is 135 Å². The second-order valence-corrected chi connectivity index (χ2v) is 6.97. The summed E-state index contributed by atoms with van der Waals surface area (Å²) in [4.78, 5) is 2.49. The summed E-state index contributed by atoms with van der Waals surface area (Å²) in [5.41, 5.74) is 1.32. The first-order chi connectivity index (χ1) is 9.11. The zero-order chi connectivity index (χ0) is 13.8. The third kappa shape index (κ3) is 3.99. The van der Waals surface area contributed by atoms with E-state index in [0.717, 1.165) is 24.7 Å². The van der Waals surface area contributed by atoms with Gasteiger partial charge in [0, 0.05) is 27.7 Å². The molecule has 2 unspecified atom stereocenters. The molecule has 0 aromatic heterocycles. The maximum atomic E-state index is 6.03. The normalized spacial score (nSPS) is 23.7. The molecule has 0 spiro atoms. The van der Waals surface area contributed by atoms with Crippen LogP contribution >= 0.6 is 34.2 Å². The highest BCUT2D eigenvalue weighted by atomic mass is 127. The van der Waals surface area contributed by atoms with E-state index in [2.05, 4.69) is 52.7 Å². The minimum atomic E-state index is 0.668. The van der Waals surface area contributed by atoms with Crippen LogP contribution in [0, 0.1) is 9.49 Å². The Kier molecular flexibility index (Phi) is 5.78. The van der Waals surface area contributed by atoms with Crippen molar-refractivity contribution < 1.29 is 0 Å². The monoisotopic (exact) mass is 392 g/mol. The molecule has 106 valence electrons. The largest absolute Gasteiger partial charge is 0.370 e. The predicted octanol–water partition coefficient (Wildman–Crippen LogP) is 4.16. The number of hydrogen-bond donors (Lipinski definition) is 1. The molecule has 2 atom stereocenters. The van der Waals surface area contributed by atoms with Crippen LogP contribution in [0.5, 0.6) is 0 Å². The van der Waals surface area contributed by atoms with Crippen LogP contribution in [0.4, 0.5) is 5.69 Å². The molecule has 0 amide bonds. The van der Waals surface area contributed by atoms with Crippen LogP contribution in [-0.2, 0) is 0 Å². The molecule has 2 rings (SSSR count). The van der Waals surface area contributed by atoms with Crippen LogP contribution in [-0.4, -0.2) is 25.7 Å². The van der Waals surface area contributed by atoms with E-state index in [1.54, 1.807) is 0 Å². The Hall–Kier alpha value is -0.000000000000000111. The fraction of sp³-hybridized carbons (Fsp3) is 0.600. The summed E-state index contributed by atoms with van der Waals surface area (Å²) in [7, 11) is 0. The fourth-order valence-corrected chi connectivity index (χ4v) is 3.95. The summed E-state index contributed by atoms with van der Waals surface area (Å²) >= 11 is 8.41. The van der Waals surface area contributed by atoms with Crippen molar-refractivity contribution in [3.8, 4) is 0 Å². The molecule has 0 aliphatic carbocycles. The number of halogens is 2. The Morgan fingerprint density at radius 2 is 2.26 bits per heavy atom. The maximum Gasteiger partial charge on any atom is 0.0503 e. The topological polar surface area (TPSA) is 15.3 Å². The van der Waals surface area contributed by atoms with Gasteiger partial charge >= 0.3 is 0 Å². The first-order valence-electron chi connectivity index (χ1n) is 7.05. The van der Waals surface area contributed by atoms with E-state index in [-0.39, 0.29) is 0 Å². The van der Waals surface area contributed by atoms with Crippen molar-refractivity contribution in [3.05, 3.63) is 26.8 Å². The maximum absolute atomic E-state index is 6.03. The summed E-state index contributed by atoms with van der Waals surface area (Å²) in [6, 6.07) is 6.85. The summed E-state index contributed by atoms with van der Waals surface area (Å²) in [5, 5.41) is 4.49. The van der Waals surface area contributed by atoms with Gasteiger partial charge < -0.3 is 10.2 Å². The van der Waals surface area contributed by atoms with Gasteiger partial charge in [0.05, 0.1) is 5.69 Å². The van der Waals surface area contributed by atoms with E-state index in [1.165, 1.54) is 22.1 Å². The van der Waals surface area contributed by atoms with Crippen molar-refractivity contribution in [2.75, 3.05) is 24.5 Å². The van der Waals surface area contributed by atoms with E-state index in [1.807, 2.05) is 12.1 Å². The molecule has 1 aromatic rings. The average Bonchev–Trinajstić information content (AvgIpc) is 2.37. The van der Waals surface area contributed by atoms with Gasteiger partial charge in [-0.05, 0) is 66.1 Å². The van der Waals surface area contributed by atoms with Gasteiger partial charge in [0.15, 0.2) is 0 Å². The third-order valence-corrected chi connectivity index (χ3v) is 4.91. The van der Waals surface area contributed by atoms with Crippen molar-refractivity contribution >= 4 is 39.9 Å². The molecule has 1 fully saturated rings. The molecule has 2 nitrogen and oxygen atoms in total. The summed E-state index contributed by atoms with van der Waals surface area (Å²) in [5.74, 6) is 0.687. The lowest BCUT2D eigenvalue weighted by Gasteiger charge is -2.39. The van der Waals surface area contributed by atoms with Crippen LogP contribution in [0.25, 0.3) is 0 Å². The van der Waals surface area contributed by atoms with E-state index in [9.17, 15) is 0 Å². The van der Waals surface area contributed by atoms with Crippen molar-refractivity contribution in [1.29, 1.82) is 0 Å². The van der Waals surface area contributed by atoms with E-state index >= 15 is 0 Å². The smallest absolute Gasteiger partial charge is 0.0503 e. The highest BCUT2D eigenvalue weighted by molar-refractivity contribution is 14.1. The molecule has 1 aliphatic rings. The average molecular weight is 393 g/mol. The van der Waals surface area contributed by atoms with Crippen molar-refractivity contribution in [1.82, 2.24) is 5.32 Å². The number of benzene rings is 1. The molecule has 1 N–H and O–H groups in total. The predicted molar refractivity (Wildman–Crippen MR) is 92.2 cm³/mol. The van der Waals surface area contributed by atoms with Crippen molar-refractivity contribution in [2.45, 2.75) is 32.7 Å². The van der Waals surface area contributed by atoms with Crippen LogP contribution in [0.2, 0.25) is 5.02 Å². The van der Waals surface area contributed by atoms with Gasteiger partial charge in [0.25, 0.3) is 0 Å². The van der Waals surface area contributed by atoms with E-state index < -0.39 is 0 Å². The number of piperidine rings is 1. The highest BCUT2D eigenvalue weighted by Gasteiger charge is 2.26. The van der Waals surface area contributed by atoms with E-state index in [4.69, 9.17) is 11.6 Å². The van der Waals surface area contributed by atoms with Gasteiger partial charge in [0.2, 0.25) is 0 Å². The fourth-order valence-electron chi connectivity index (χ4n) is 2.74. The minimum Gasteiger partial charge on any atom is -0.370 e. The molecule has 1 heterocycles. The molecule has 0 bridgehead atoms. The van der Waals surface area contributed by atoms with Crippen LogP contribution in [0.3, 0.4) is 0 Å².